The predicted molar refractivity (Wildman–Crippen MR) is 72.7 cm³/mol. The maximum absolute atomic E-state index is 5.43. The molecule has 0 aromatic carbocycles. The Labute approximate surface area is 112 Å². The molecule has 0 unspecified atom stereocenters. The van der Waals surface area contributed by atoms with E-state index in [4.69, 9.17) is 9.72 Å². The van der Waals surface area contributed by atoms with E-state index in [1.165, 1.54) is 29.9 Å². The van der Waals surface area contributed by atoms with Crippen LogP contribution in [0.25, 0.3) is 5.65 Å². The first kappa shape index (κ1) is 11.2. The minimum atomic E-state index is 0.666. The molecule has 0 atom stereocenters. The molecule has 100 valence electrons. The molecule has 1 aliphatic carbocycles. The third kappa shape index (κ3) is 1.80. The summed E-state index contributed by atoms with van der Waals surface area (Å²) in [5.74, 6) is 0.666. The van der Waals surface area contributed by atoms with Gasteiger partial charge < -0.3 is 9.64 Å². The Morgan fingerprint density at radius 3 is 2.79 bits per heavy atom. The first-order valence-corrected chi connectivity index (χ1v) is 7.01. The van der Waals surface area contributed by atoms with Crippen LogP contribution in [0.5, 0.6) is 0 Å². The molecule has 1 saturated heterocycles. The lowest BCUT2D eigenvalue weighted by atomic mass is 10.2. The van der Waals surface area contributed by atoms with E-state index in [1.54, 1.807) is 0 Å². The fourth-order valence-corrected chi connectivity index (χ4v) is 2.86. The van der Waals surface area contributed by atoms with Crippen molar-refractivity contribution in [3.8, 4) is 0 Å². The summed E-state index contributed by atoms with van der Waals surface area (Å²) < 4.78 is 7.42. The average molecular weight is 258 g/mol. The number of rotatable bonds is 2. The van der Waals surface area contributed by atoms with Crippen molar-refractivity contribution in [3.05, 3.63) is 23.7 Å². The third-order valence-corrected chi connectivity index (χ3v) is 4.07. The van der Waals surface area contributed by atoms with Crippen molar-refractivity contribution < 1.29 is 4.74 Å². The molecule has 0 amide bonds. The molecular formula is C14H18N4O. The number of hydrogen-bond acceptors (Lipinski definition) is 4. The van der Waals surface area contributed by atoms with Crippen molar-refractivity contribution in [2.45, 2.75) is 25.7 Å². The third-order valence-electron chi connectivity index (χ3n) is 4.07. The molecule has 19 heavy (non-hydrogen) atoms. The molecule has 1 aliphatic heterocycles. The summed E-state index contributed by atoms with van der Waals surface area (Å²) in [7, 11) is 0. The smallest absolute Gasteiger partial charge is 0.177 e. The van der Waals surface area contributed by atoms with Crippen LogP contribution in [0.15, 0.2) is 12.3 Å². The zero-order valence-corrected chi connectivity index (χ0v) is 11.2. The number of aromatic nitrogens is 3. The Morgan fingerprint density at radius 2 is 2.05 bits per heavy atom. The lowest BCUT2D eigenvalue weighted by Crippen LogP contribution is -2.36. The van der Waals surface area contributed by atoms with E-state index in [0.717, 1.165) is 32.0 Å². The minimum absolute atomic E-state index is 0.666. The summed E-state index contributed by atoms with van der Waals surface area (Å²) in [6, 6.07) is 2.07. The van der Waals surface area contributed by atoms with E-state index in [2.05, 4.69) is 23.0 Å². The second-order valence-corrected chi connectivity index (χ2v) is 5.41. The molecule has 2 aliphatic rings. The van der Waals surface area contributed by atoms with Crippen LogP contribution in [-0.2, 0) is 4.74 Å². The largest absolute Gasteiger partial charge is 0.378 e. The fraction of sp³-hybridized carbons (Fsp3) is 0.571. The molecule has 2 aromatic heterocycles. The molecule has 0 bridgehead atoms. The monoisotopic (exact) mass is 258 g/mol. The molecular weight excluding hydrogens is 240 g/mol. The number of fused-ring (bicyclic) bond motifs is 1. The van der Waals surface area contributed by atoms with E-state index in [1.807, 2.05) is 10.7 Å². The van der Waals surface area contributed by atoms with E-state index in [-0.39, 0.29) is 0 Å². The molecule has 0 radical (unpaired) electrons. The summed E-state index contributed by atoms with van der Waals surface area (Å²) in [4.78, 5) is 7.22. The van der Waals surface area contributed by atoms with Gasteiger partial charge in [0.25, 0.3) is 0 Å². The SMILES string of the molecule is Cc1c(C2CC2)nc2c(N3CCOCC3)ccnn12. The molecule has 4 rings (SSSR count). The number of ether oxygens (including phenoxy) is 1. The molecule has 5 heteroatoms. The van der Waals surface area contributed by atoms with Gasteiger partial charge in [-0.3, -0.25) is 0 Å². The van der Waals surface area contributed by atoms with Gasteiger partial charge in [-0.25, -0.2) is 9.50 Å². The molecule has 2 fully saturated rings. The Balaban J connectivity index is 1.83. The maximum Gasteiger partial charge on any atom is 0.177 e. The molecule has 0 spiro atoms. The number of anilines is 1. The van der Waals surface area contributed by atoms with Gasteiger partial charge in [0, 0.05) is 19.0 Å². The second-order valence-electron chi connectivity index (χ2n) is 5.41. The van der Waals surface area contributed by atoms with Gasteiger partial charge in [-0.1, -0.05) is 0 Å². The van der Waals surface area contributed by atoms with Crippen LogP contribution >= 0.6 is 0 Å². The summed E-state index contributed by atoms with van der Waals surface area (Å²) in [5.41, 5.74) is 4.64. The molecule has 1 saturated carbocycles. The lowest BCUT2D eigenvalue weighted by Gasteiger charge is -2.28. The van der Waals surface area contributed by atoms with Gasteiger partial charge in [0.2, 0.25) is 0 Å². The second kappa shape index (κ2) is 4.20. The fourth-order valence-electron chi connectivity index (χ4n) is 2.86. The van der Waals surface area contributed by atoms with Crippen LogP contribution < -0.4 is 4.90 Å². The van der Waals surface area contributed by atoms with Crippen LogP contribution in [0.2, 0.25) is 0 Å². The van der Waals surface area contributed by atoms with Crippen LogP contribution in [0.1, 0.15) is 30.1 Å². The van der Waals surface area contributed by atoms with Gasteiger partial charge in [-0.15, -0.1) is 0 Å². The zero-order chi connectivity index (χ0) is 12.8. The van der Waals surface area contributed by atoms with Gasteiger partial charge in [-0.2, -0.15) is 5.10 Å². The Kier molecular flexibility index (Phi) is 2.48. The van der Waals surface area contributed by atoms with Crippen molar-refractivity contribution in [1.82, 2.24) is 14.6 Å². The highest BCUT2D eigenvalue weighted by Crippen LogP contribution is 2.41. The Morgan fingerprint density at radius 1 is 1.26 bits per heavy atom. The van der Waals surface area contributed by atoms with E-state index < -0.39 is 0 Å². The lowest BCUT2D eigenvalue weighted by molar-refractivity contribution is 0.123. The van der Waals surface area contributed by atoms with Crippen molar-refractivity contribution in [3.63, 3.8) is 0 Å². The summed E-state index contributed by atoms with van der Waals surface area (Å²) >= 11 is 0. The summed E-state index contributed by atoms with van der Waals surface area (Å²) in [6.07, 6.45) is 4.43. The Hall–Kier alpha value is -1.62. The quantitative estimate of drug-likeness (QED) is 0.823. The first-order chi connectivity index (χ1) is 9.34. The van der Waals surface area contributed by atoms with E-state index in [0.29, 0.717) is 5.92 Å². The van der Waals surface area contributed by atoms with Gasteiger partial charge in [0.05, 0.1) is 36.5 Å². The normalized spacial score (nSPS) is 20.2. The number of imidazole rings is 1. The van der Waals surface area contributed by atoms with Crippen molar-refractivity contribution >= 4 is 11.3 Å². The van der Waals surface area contributed by atoms with Crippen LogP contribution in [-0.4, -0.2) is 40.9 Å². The highest BCUT2D eigenvalue weighted by molar-refractivity contribution is 5.69. The summed E-state index contributed by atoms with van der Waals surface area (Å²) in [5, 5.41) is 4.46. The van der Waals surface area contributed by atoms with Crippen LogP contribution in [0.3, 0.4) is 0 Å². The molecule has 2 aromatic rings. The highest BCUT2D eigenvalue weighted by Gasteiger charge is 2.30. The van der Waals surface area contributed by atoms with Gasteiger partial charge in [0.15, 0.2) is 5.65 Å². The standard InChI is InChI=1S/C14H18N4O/c1-10-13(11-2-3-11)16-14-12(4-5-15-18(10)14)17-6-8-19-9-7-17/h4-5,11H,2-3,6-9H2,1H3. The van der Waals surface area contributed by atoms with Gasteiger partial charge in [0.1, 0.15) is 0 Å². The van der Waals surface area contributed by atoms with Crippen molar-refractivity contribution in [1.29, 1.82) is 0 Å². The van der Waals surface area contributed by atoms with E-state index in [9.17, 15) is 0 Å². The molecule has 3 heterocycles. The predicted octanol–water partition coefficient (Wildman–Crippen LogP) is 1.75. The molecule has 5 nitrogen and oxygen atoms in total. The molecule has 0 N–H and O–H groups in total. The number of nitrogens with zero attached hydrogens (tertiary/aromatic N) is 4. The highest BCUT2D eigenvalue weighted by atomic mass is 16.5. The number of hydrogen-bond donors (Lipinski definition) is 0. The first-order valence-electron chi connectivity index (χ1n) is 7.01. The topological polar surface area (TPSA) is 42.7 Å². The van der Waals surface area contributed by atoms with Crippen molar-refractivity contribution in [2.24, 2.45) is 0 Å². The van der Waals surface area contributed by atoms with Gasteiger partial charge in [-0.05, 0) is 25.8 Å². The van der Waals surface area contributed by atoms with Crippen LogP contribution in [0, 0.1) is 6.92 Å². The summed E-state index contributed by atoms with van der Waals surface area (Å²) in [6.45, 7) is 5.59. The zero-order valence-electron chi connectivity index (χ0n) is 11.2. The number of morpholine rings is 1. The number of aryl methyl sites for hydroxylation is 1. The van der Waals surface area contributed by atoms with Crippen LogP contribution in [0.4, 0.5) is 5.69 Å². The minimum Gasteiger partial charge on any atom is -0.378 e. The Bertz CT molecular complexity index is 611. The van der Waals surface area contributed by atoms with E-state index >= 15 is 0 Å². The van der Waals surface area contributed by atoms with Crippen molar-refractivity contribution in [2.75, 3.05) is 31.2 Å². The van der Waals surface area contributed by atoms with Gasteiger partial charge >= 0.3 is 0 Å². The maximum atomic E-state index is 5.43. The average Bonchev–Trinajstić information content (AvgIpc) is 3.25.